The van der Waals surface area contributed by atoms with Crippen LogP contribution in [0.5, 0.6) is 5.75 Å². The Balaban J connectivity index is 2.86. The molecule has 0 saturated heterocycles. The van der Waals surface area contributed by atoms with Crippen LogP contribution < -0.4 is 4.65 Å². The SMILES string of the molecule is Cc1cc(F)ncc1OB(O)O. The summed E-state index contributed by atoms with van der Waals surface area (Å²) in [7, 11) is -1.91. The number of nitrogens with zero attached hydrogens (tertiary/aromatic N) is 1. The van der Waals surface area contributed by atoms with E-state index >= 15 is 0 Å². The predicted molar refractivity (Wildman–Crippen MR) is 39.8 cm³/mol. The molecule has 0 radical (unpaired) electrons. The van der Waals surface area contributed by atoms with E-state index in [1.165, 1.54) is 0 Å². The largest absolute Gasteiger partial charge is 0.707 e. The number of aromatic nitrogens is 1. The van der Waals surface area contributed by atoms with Crippen LogP contribution in [0.1, 0.15) is 5.56 Å². The molecule has 0 atom stereocenters. The summed E-state index contributed by atoms with van der Waals surface area (Å²) >= 11 is 0. The Bertz CT molecular complexity index is 281. The quantitative estimate of drug-likeness (QED) is 0.480. The first-order chi connectivity index (χ1) is 5.59. The minimum Gasteiger partial charge on any atom is -0.510 e. The van der Waals surface area contributed by atoms with E-state index in [9.17, 15) is 4.39 Å². The van der Waals surface area contributed by atoms with Crippen molar-refractivity contribution >= 4 is 7.32 Å². The molecule has 0 amide bonds. The minimum absolute atomic E-state index is 0.145. The maximum absolute atomic E-state index is 12.4. The van der Waals surface area contributed by atoms with E-state index in [4.69, 9.17) is 10.0 Å². The molecule has 0 fully saturated rings. The first-order valence-corrected chi connectivity index (χ1v) is 3.24. The molecule has 0 aliphatic carbocycles. The van der Waals surface area contributed by atoms with Gasteiger partial charge in [-0.05, 0) is 18.6 Å². The molecule has 1 rings (SSSR count). The number of hydrogen-bond donors (Lipinski definition) is 2. The number of pyridine rings is 1. The molecule has 1 heterocycles. The Morgan fingerprint density at radius 3 is 2.75 bits per heavy atom. The molecule has 1 aromatic heterocycles. The van der Waals surface area contributed by atoms with E-state index in [0.717, 1.165) is 12.3 Å². The molecule has 64 valence electrons. The molecule has 12 heavy (non-hydrogen) atoms. The van der Waals surface area contributed by atoms with Crippen LogP contribution >= 0.6 is 0 Å². The van der Waals surface area contributed by atoms with Crippen LogP contribution in [0.2, 0.25) is 0 Å². The van der Waals surface area contributed by atoms with Crippen molar-refractivity contribution in [2.75, 3.05) is 0 Å². The van der Waals surface area contributed by atoms with Crippen molar-refractivity contribution < 1.29 is 19.1 Å². The second kappa shape index (κ2) is 3.51. The van der Waals surface area contributed by atoms with Gasteiger partial charge < -0.3 is 14.7 Å². The topological polar surface area (TPSA) is 62.6 Å². The molecule has 1 aromatic rings. The monoisotopic (exact) mass is 171 g/mol. The highest BCUT2D eigenvalue weighted by atomic mass is 19.1. The predicted octanol–water partition coefficient (Wildman–Crippen LogP) is -0.123. The van der Waals surface area contributed by atoms with E-state index in [2.05, 4.69) is 9.64 Å². The van der Waals surface area contributed by atoms with E-state index in [0.29, 0.717) is 5.56 Å². The van der Waals surface area contributed by atoms with Gasteiger partial charge in [0.05, 0.1) is 6.20 Å². The van der Waals surface area contributed by atoms with Gasteiger partial charge in [-0.2, -0.15) is 4.39 Å². The van der Waals surface area contributed by atoms with Gasteiger partial charge in [-0.1, -0.05) is 0 Å². The second-order valence-corrected chi connectivity index (χ2v) is 2.22. The van der Waals surface area contributed by atoms with Crippen LogP contribution in [0, 0.1) is 12.9 Å². The van der Waals surface area contributed by atoms with Gasteiger partial charge in [0.2, 0.25) is 5.95 Å². The van der Waals surface area contributed by atoms with Gasteiger partial charge >= 0.3 is 7.32 Å². The maximum Gasteiger partial charge on any atom is 0.707 e. The highest BCUT2D eigenvalue weighted by Gasteiger charge is 2.13. The Kier molecular flexibility index (Phi) is 2.62. The van der Waals surface area contributed by atoms with Crippen molar-refractivity contribution in [3.8, 4) is 5.75 Å². The lowest BCUT2D eigenvalue weighted by atomic mass is 10.2. The lowest BCUT2D eigenvalue weighted by molar-refractivity contribution is 0.286. The average molecular weight is 171 g/mol. The summed E-state index contributed by atoms with van der Waals surface area (Å²) in [6, 6.07) is 1.14. The second-order valence-electron chi connectivity index (χ2n) is 2.22. The van der Waals surface area contributed by atoms with Crippen molar-refractivity contribution in [1.82, 2.24) is 4.98 Å². The Labute approximate surface area is 68.8 Å². The minimum atomic E-state index is -1.91. The van der Waals surface area contributed by atoms with Gasteiger partial charge in [0.15, 0.2) is 0 Å². The first-order valence-electron chi connectivity index (χ1n) is 3.24. The lowest BCUT2D eigenvalue weighted by Crippen LogP contribution is -2.21. The van der Waals surface area contributed by atoms with Gasteiger partial charge in [-0.3, -0.25) is 0 Å². The molecule has 0 bridgehead atoms. The average Bonchev–Trinajstić information content (AvgIpc) is 1.94. The summed E-state index contributed by atoms with van der Waals surface area (Å²) in [6.45, 7) is 1.57. The van der Waals surface area contributed by atoms with Crippen LogP contribution in [-0.2, 0) is 0 Å². The van der Waals surface area contributed by atoms with Crippen molar-refractivity contribution in [3.63, 3.8) is 0 Å². The molecule has 2 N–H and O–H groups in total. The fourth-order valence-corrected chi connectivity index (χ4v) is 0.746. The van der Waals surface area contributed by atoms with E-state index in [-0.39, 0.29) is 5.75 Å². The molecule has 0 aliphatic heterocycles. The van der Waals surface area contributed by atoms with Crippen LogP contribution in [0.3, 0.4) is 0 Å². The Hall–Kier alpha value is -1.14. The van der Waals surface area contributed by atoms with Gasteiger partial charge in [0.25, 0.3) is 0 Å². The molecule has 0 aliphatic rings. The summed E-state index contributed by atoms with van der Waals surface area (Å²) < 4.78 is 16.9. The summed E-state index contributed by atoms with van der Waals surface area (Å²) in [5.41, 5.74) is 0.454. The van der Waals surface area contributed by atoms with Crippen molar-refractivity contribution in [1.29, 1.82) is 0 Å². The standard InChI is InChI=1S/C6H7BFNO3/c1-4-2-6(8)9-3-5(4)12-7(10)11/h2-3,10-11H,1H3. The summed E-state index contributed by atoms with van der Waals surface area (Å²) in [4.78, 5) is 3.28. The van der Waals surface area contributed by atoms with Crippen LogP contribution in [0.25, 0.3) is 0 Å². The zero-order valence-electron chi connectivity index (χ0n) is 6.36. The van der Waals surface area contributed by atoms with E-state index in [1.54, 1.807) is 6.92 Å². The molecule has 0 saturated carbocycles. The van der Waals surface area contributed by atoms with Crippen LogP contribution in [-0.4, -0.2) is 22.4 Å². The van der Waals surface area contributed by atoms with E-state index < -0.39 is 13.3 Å². The molecule has 0 spiro atoms. The number of aryl methyl sites for hydroxylation is 1. The smallest absolute Gasteiger partial charge is 0.510 e. The van der Waals surface area contributed by atoms with Crippen molar-refractivity contribution in [2.45, 2.75) is 6.92 Å². The van der Waals surface area contributed by atoms with Gasteiger partial charge in [0, 0.05) is 0 Å². The van der Waals surface area contributed by atoms with Crippen LogP contribution in [0.15, 0.2) is 12.3 Å². The van der Waals surface area contributed by atoms with Gasteiger partial charge in [0.1, 0.15) is 5.75 Å². The van der Waals surface area contributed by atoms with Gasteiger partial charge in [-0.15, -0.1) is 0 Å². The highest BCUT2D eigenvalue weighted by Crippen LogP contribution is 2.15. The summed E-state index contributed by atoms with van der Waals surface area (Å²) in [5.74, 6) is -0.487. The zero-order chi connectivity index (χ0) is 9.14. The first kappa shape index (κ1) is 8.96. The molecular formula is C6H7BFNO3. The Morgan fingerprint density at radius 1 is 1.58 bits per heavy atom. The fourth-order valence-electron chi connectivity index (χ4n) is 0.746. The fraction of sp³-hybridized carbons (Fsp3) is 0.167. The normalized spacial score (nSPS) is 9.67. The highest BCUT2D eigenvalue weighted by molar-refractivity contribution is 6.33. The third kappa shape index (κ3) is 2.18. The van der Waals surface area contributed by atoms with Crippen molar-refractivity contribution in [2.24, 2.45) is 0 Å². The zero-order valence-corrected chi connectivity index (χ0v) is 6.36. The number of hydrogen-bond acceptors (Lipinski definition) is 4. The number of halogens is 1. The molecular weight excluding hydrogens is 164 g/mol. The maximum atomic E-state index is 12.4. The third-order valence-electron chi connectivity index (χ3n) is 1.26. The molecule has 0 unspecified atom stereocenters. The van der Waals surface area contributed by atoms with Crippen LogP contribution in [0.4, 0.5) is 4.39 Å². The number of rotatable bonds is 2. The third-order valence-corrected chi connectivity index (χ3v) is 1.26. The Morgan fingerprint density at radius 2 is 2.25 bits per heavy atom. The summed E-state index contributed by atoms with van der Waals surface area (Å²) in [5, 5.41) is 16.8. The molecule has 0 aromatic carbocycles. The lowest BCUT2D eigenvalue weighted by Gasteiger charge is -2.06. The van der Waals surface area contributed by atoms with Gasteiger partial charge in [-0.25, -0.2) is 4.98 Å². The summed E-state index contributed by atoms with van der Waals surface area (Å²) in [6.07, 6.45) is 1.09. The van der Waals surface area contributed by atoms with E-state index in [1.807, 2.05) is 0 Å². The molecule has 6 heteroatoms. The molecule has 4 nitrogen and oxygen atoms in total. The van der Waals surface area contributed by atoms with Crippen molar-refractivity contribution in [3.05, 3.63) is 23.8 Å².